The Morgan fingerprint density at radius 3 is 2.71 bits per heavy atom. The Morgan fingerprint density at radius 1 is 1.35 bits per heavy atom. The summed E-state index contributed by atoms with van der Waals surface area (Å²) in [6.45, 7) is 4.78. The van der Waals surface area contributed by atoms with E-state index in [1.54, 1.807) is 7.11 Å². The SMILES string of the molecule is COc1ccc(N)cc1Cn1cnc(C)c1C. The van der Waals surface area contributed by atoms with Crippen LogP contribution < -0.4 is 10.5 Å². The number of hydrogen-bond acceptors (Lipinski definition) is 3. The summed E-state index contributed by atoms with van der Waals surface area (Å²) in [4.78, 5) is 4.28. The van der Waals surface area contributed by atoms with Gasteiger partial charge in [-0.15, -0.1) is 0 Å². The van der Waals surface area contributed by atoms with Gasteiger partial charge in [0.2, 0.25) is 0 Å². The predicted molar refractivity (Wildman–Crippen MR) is 68.2 cm³/mol. The molecule has 2 rings (SSSR count). The second kappa shape index (κ2) is 4.49. The number of nitrogens with two attached hydrogens (primary N) is 1. The van der Waals surface area contributed by atoms with Crippen LogP contribution in [0.5, 0.6) is 5.75 Å². The lowest BCUT2D eigenvalue weighted by Gasteiger charge is -2.11. The van der Waals surface area contributed by atoms with Crippen LogP contribution in [0.4, 0.5) is 5.69 Å². The molecule has 0 saturated carbocycles. The lowest BCUT2D eigenvalue weighted by Crippen LogP contribution is -2.03. The van der Waals surface area contributed by atoms with Gasteiger partial charge in [0.1, 0.15) is 5.75 Å². The maximum Gasteiger partial charge on any atom is 0.124 e. The third kappa shape index (κ3) is 2.25. The first-order valence-electron chi connectivity index (χ1n) is 5.52. The van der Waals surface area contributed by atoms with Gasteiger partial charge in [0.05, 0.1) is 25.7 Å². The van der Waals surface area contributed by atoms with Gasteiger partial charge in [-0.1, -0.05) is 0 Å². The number of aromatic nitrogens is 2. The number of methoxy groups -OCH3 is 1. The number of aryl methyl sites for hydroxylation is 1. The molecule has 0 radical (unpaired) electrons. The van der Waals surface area contributed by atoms with Gasteiger partial charge in [0.15, 0.2) is 0 Å². The fourth-order valence-electron chi connectivity index (χ4n) is 1.81. The van der Waals surface area contributed by atoms with Gasteiger partial charge in [0, 0.05) is 16.9 Å². The Morgan fingerprint density at radius 2 is 2.12 bits per heavy atom. The van der Waals surface area contributed by atoms with E-state index in [2.05, 4.69) is 16.5 Å². The molecule has 1 heterocycles. The Kier molecular flexibility index (Phi) is 3.04. The highest BCUT2D eigenvalue weighted by molar-refractivity contribution is 5.48. The van der Waals surface area contributed by atoms with E-state index in [9.17, 15) is 0 Å². The number of imidazole rings is 1. The minimum Gasteiger partial charge on any atom is -0.496 e. The summed E-state index contributed by atoms with van der Waals surface area (Å²) in [5, 5.41) is 0. The molecule has 17 heavy (non-hydrogen) atoms. The summed E-state index contributed by atoms with van der Waals surface area (Å²) in [5.74, 6) is 0.852. The molecule has 0 fully saturated rings. The average Bonchev–Trinajstić information content (AvgIpc) is 2.61. The van der Waals surface area contributed by atoms with Crippen molar-refractivity contribution in [3.05, 3.63) is 41.5 Å². The molecular formula is C13H17N3O. The minimum absolute atomic E-state index is 0.723. The number of benzene rings is 1. The standard InChI is InChI=1S/C13H17N3O/c1-9-10(2)16(8-15-9)7-11-6-12(14)4-5-13(11)17-3/h4-6,8H,7,14H2,1-3H3. The van der Waals surface area contributed by atoms with Gasteiger partial charge in [-0.25, -0.2) is 4.98 Å². The normalized spacial score (nSPS) is 10.5. The molecule has 2 aromatic rings. The Labute approximate surface area is 101 Å². The van der Waals surface area contributed by atoms with Crippen LogP contribution in [0.2, 0.25) is 0 Å². The average molecular weight is 231 g/mol. The molecule has 0 aliphatic carbocycles. The van der Waals surface area contributed by atoms with E-state index in [4.69, 9.17) is 10.5 Å². The van der Waals surface area contributed by atoms with Gasteiger partial charge in [-0.2, -0.15) is 0 Å². The summed E-state index contributed by atoms with van der Waals surface area (Å²) >= 11 is 0. The maximum absolute atomic E-state index is 5.80. The van der Waals surface area contributed by atoms with Gasteiger partial charge in [0.25, 0.3) is 0 Å². The molecule has 90 valence electrons. The first-order valence-corrected chi connectivity index (χ1v) is 5.52. The van der Waals surface area contributed by atoms with E-state index in [0.29, 0.717) is 0 Å². The second-order valence-electron chi connectivity index (χ2n) is 4.11. The molecular weight excluding hydrogens is 214 g/mol. The van der Waals surface area contributed by atoms with Crippen molar-refractivity contribution < 1.29 is 4.74 Å². The minimum atomic E-state index is 0.723. The molecule has 0 aliphatic heterocycles. The van der Waals surface area contributed by atoms with E-state index in [1.807, 2.05) is 31.5 Å². The molecule has 1 aromatic heterocycles. The van der Waals surface area contributed by atoms with Crippen LogP contribution in [0.1, 0.15) is 17.0 Å². The van der Waals surface area contributed by atoms with E-state index in [1.165, 1.54) is 0 Å². The topological polar surface area (TPSA) is 53.1 Å². The Balaban J connectivity index is 2.35. The highest BCUT2D eigenvalue weighted by Gasteiger charge is 2.07. The molecule has 0 spiro atoms. The van der Waals surface area contributed by atoms with Gasteiger partial charge in [-0.3, -0.25) is 0 Å². The summed E-state index contributed by atoms with van der Waals surface area (Å²) in [6, 6.07) is 5.67. The molecule has 0 atom stereocenters. The van der Waals surface area contributed by atoms with Crippen molar-refractivity contribution in [1.82, 2.24) is 9.55 Å². The van der Waals surface area contributed by atoms with Crippen molar-refractivity contribution in [2.24, 2.45) is 0 Å². The van der Waals surface area contributed by atoms with Crippen LogP contribution in [-0.4, -0.2) is 16.7 Å². The first-order chi connectivity index (χ1) is 8.11. The predicted octanol–water partition coefficient (Wildman–Crippen LogP) is 2.14. The van der Waals surface area contributed by atoms with Crippen LogP contribution in [-0.2, 0) is 6.54 Å². The maximum atomic E-state index is 5.80. The molecule has 4 nitrogen and oxygen atoms in total. The summed E-state index contributed by atoms with van der Waals surface area (Å²) < 4.78 is 7.42. The largest absolute Gasteiger partial charge is 0.496 e. The van der Waals surface area contributed by atoms with Gasteiger partial charge < -0.3 is 15.0 Å². The van der Waals surface area contributed by atoms with Gasteiger partial charge in [-0.05, 0) is 32.0 Å². The van der Waals surface area contributed by atoms with Crippen LogP contribution in [0.3, 0.4) is 0 Å². The number of nitrogen functional groups attached to an aromatic ring is 1. The Bertz CT molecular complexity index is 531. The number of nitrogens with zero attached hydrogens (tertiary/aromatic N) is 2. The van der Waals surface area contributed by atoms with E-state index in [-0.39, 0.29) is 0 Å². The van der Waals surface area contributed by atoms with Crippen molar-refractivity contribution in [3.63, 3.8) is 0 Å². The molecule has 0 unspecified atom stereocenters. The van der Waals surface area contributed by atoms with E-state index < -0.39 is 0 Å². The van der Waals surface area contributed by atoms with E-state index in [0.717, 1.165) is 34.9 Å². The van der Waals surface area contributed by atoms with Crippen molar-refractivity contribution in [2.45, 2.75) is 20.4 Å². The molecule has 4 heteroatoms. The van der Waals surface area contributed by atoms with Crippen LogP contribution >= 0.6 is 0 Å². The van der Waals surface area contributed by atoms with Crippen LogP contribution in [0.25, 0.3) is 0 Å². The first kappa shape index (κ1) is 11.5. The van der Waals surface area contributed by atoms with Crippen molar-refractivity contribution in [1.29, 1.82) is 0 Å². The fourth-order valence-corrected chi connectivity index (χ4v) is 1.81. The molecule has 0 amide bonds. The zero-order chi connectivity index (χ0) is 12.4. The Hall–Kier alpha value is -1.97. The third-order valence-electron chi connectivity index (χ3n) is 2.99. The highest BCUT2D eigenvalue weighted by atomic mass is 16.5. The summed E-state index contributed by atoms with van der Waals surface area (Å²) in [6.07, 6.45) is 1.84. The lowest BCUT2D eigenvalue weighted by atomic mass is 10.1. The molecule has 0 aliphatic rings. The summed E-state index contributed by atoms with van der Waals surface area (Å²) in [5.41, 5.74) is 9.82. The quantitative estimate of drug-likeness (QED) is 0.823. The zero-order valence-corrected chi connectivity index (χ0v) is 10.4. The highest BCUT2D eigenvalue weighted by Crippen LogP contribution is 2.22. The van der Waals surface area contributed by atoms with E-state index >= 15 is 0 Å². The fraction of sp³-hybridized carbons (Fsp3) is 0.308. The number of ether oxygens (including phenoxy) is 1. The smallest absolute Gasteiger partial charge is 0.124 e. The second-order valence-corrected chi connectivity index (χ2v) is 4.11. The molecule has 0 saturated heterocycles. The van der Waals surface area contributed by atoms with Crippen molar-refractivity contribution in [2.75, 3.05) is 12.8 Å². The number of rotatable bonds is 3. The zero-order valence-electron chi connectivity index (χ0n) is 10.4. The van der Waals surface area contributed by atoms with Crippen LogP contribution in [0.15, 0.2) is 24.5 Å². The molecule has 2 N–H and O–H groups in total. The molecule has 1 aromatic carbocycles. The summed E-state index contributed by atoms with van der Waals surface area (Å²) in [7, 11) is 1.67. The third-order valence-corrected chi connectivity index (χ3v) is 2.99. The van der Waals surface area contributed by atoms with Crippen LogP contribution in [0, 0.1) is 13.8 Å². The monoisotopic (exact) mass is 231 g/mol. The van der Waals surface area contributed by atoms with Gasteiger partial charge >= 0.3 is 0 Å². The van der Waals surface area contributed by atoms with Crippen molar-refractivity contribution in [3.8, 4) is 5.75 Å². The molecule has 0 bridgehead atoms. The lowest BCUT2D eigenvalue weighted by molar-refractivity contribution is 0.408. The number of anilines is 1. The number of hydrogen-bond donors (Lipinski definition) is 1. The van der Waals surface area contributed by atoms with Crippen molar-refractivity contribution >= 4 is 5.69 Å².